The van der Waals surface area contributed by atoms with Crippen molar-refractivity contribution >= 4 is 12.1 Å². The summed E-state index contributed by atoms with van der Waals surface area (Å²) in [6.07, 6.45) is -2.51. The Bertz CT molecular complexity index is 1130. The molecule has 0 aromatic carbocycles. The largest absolute Gasteiger partial charge is 0.480 e. The van der Waals surface area contributed by atoms with Crippen LogP contribution in [0.1, 0.15) is 22.9 Å². The molecule has 0 saturated carbocycles. The van der Waals surface area contributed by atoms with E-state index >= 15 is 0 Å². The van der Waals surface area contributed by atoms with Crippen molar-refractivity contribution in [1.82, 2.24) is 25.0 Å². The van der Waals surface area contributed by atoms with Crippen LogP contribution in [0.25, 0.3) is 11.5 Å². The molecule has 3 N–H and O–H groups in total. The summed E-state index contributed by atoms with van der Waals surface area (Å²) in [6.45, 7) is 1.37. The van der Waals surface area contributed by atoms with E-state index in [9.17, 15) is 18.0 Å². The minimum atomic E-state index is -4.66. The van der Waals surface area contributed by atoms with Crippen LogP contribution in [0, 0.1) is 17.7 Å². The van der Waals surface area contributed by atoms with Gasteiger partial charge < -0.3 is 14.6 Å². The predicted octanol–water partition coefficient (Wildman–Crippen LogP) is 2.22. The highest BCUT2D eigenvalue weighted by atomic mass is 19.4. The number of methoxy groups -OCH3 is 1. The molecule has 29 heavy (non-hydrogen) atoms. The summed E-state index contributed by atoms with van der Waals surface area (Å²) in [5.41, 5.74) is -0.643. The van der Waals surface area contributed by atoms with Crippen molar-refractivity contribution in [3.8, 4) is 17.3 Å². The normalized spacial score (nSPS) is 12.6. The number of alkyl halides is 3. The molecule has 10 nitrogen and oxygen atoms in total. The van der Waals surface area contributed by atoms with Gasteiger partial charge in [0.15, 0.2) is 5.69 Å². The van der Waals surface area contributed by atoms with Crippen molar-refractivity contribution in [2.45, 2.75) is 19.0 Å². The van der Waals surface area contributed by atoms with Crippen molar-refractivity contribution in [2.24, 2.45) is 0 Å². The lowest BCUT2D eigenvalue weighted by atomic mass is 9.99. The van der Waals surface area contributed by atoms with Gasteiger partial charge in [-0.2, -0.15) is 18.3 Å². The molecule has 3 heterocycles. The number of nitrogens with zero attached hydrogens (tertiary/aromatic N) is 4. The molecule has 3 aromatic heterocycles. The van der Waals surface area contributed by atoms with E-state index in [1.165, 1.54) is 26.3 Å². The molecule has 1 atom stereocenters. The summed E-state index contributed by atoms with van der Waals surface area (Å²) in [4.78, 5) is 15.3. The molecule has 152 valence electrons. The van der Waals surface area contributed by atoms with Crippen molar-refractivity contribution in [3.05, 3.63) is 45.8 Å². The SMILES string of the molecule is COc1ncc(C(C=N)C(=N)n2nc(C(F)(F)F)cc2C)cc1-c1n[nH]c(=O)o1. The van der Waals surface area contributed by atoms with Crippen LogP contribution in [-0.4, -0.2) is 44.1 Å². The quantitative estimate of drug-likeness (QED) is 0.435. The second-order valence-corrected chi connectivity index (χ2v) is 5.85. The number of aromatic amines is 1. The van der Waals surface area contributed by atoms with E-state index in [4.69, 9.17) is 20.0 Å². The predicted molar refractivity (Wildman–Crippen MR) is 93.5 cm³/mol. The number of hydrogen-bond acceptors (Lipinski definition) is 8. The van der Waals surface area contributed by atoms with E-state index in [1.54, 1.807) is 0 Å². The molecule has 0 saturated heterocycles. The zero-order chi connectivity index (χ0) is 21.3. The Morgan fingerprint density at radius 2 is 2.14 bits per heavy atom. The zero-order valence-corrected chi connectivity index (χ0v) is 15.0. The smallest absolute Gasteiger partial charge is 0.435 e. The number of rotatable bonds is 5. The first-order valence-electron chi connectivity index (χ1n) is 7.98. The molecule has 0 fully saturated rings. The molecule has 0 aliphatic carbocycles. The molecule has 1 unspecified atom stereocenters. The fourth-order valence-electron chi connectivity index (χ4n) is 2.62. The zero-order valence-electron chi connectivity index (χ0n) is 15.0. The first kappa shape index (κ1) is 20.0. The minimum absolute atomic E-state index is 0.0638. The average molecular weight is 409 g/mol. The molecule has 0 amide bonds. The van der Waals surface area contributed by atoms with Crippen LogP contribution >= 0.6 is 0 Å². The molecule has 0 aliphatic heterocycles. The summed E-state index contributed by atoms with van der Waals surface area (Å²) >= 11 is 0. The molecule has 0 spiro atoms. The van der Waals surface area contributed by atoms with E-state index in [1.807, 2.05) is 0 Å². The van der Waals surface area contributed by atoms with Crippen LogP contribution in [0.2, 0.25) is 0 Å². The van der Waals surface area contributed by atoms with Crippen LogP contribution in [0.4, 0.5) is 13.2 Å². The molecule has 0 radical (unpaired) electrons. The molecule has 3 rings (SSSR count). The minimum Gasteiger partial charge on any atom is -0.480 e. The Morgan fingerprint density at radius 1 is 1.41 bits per heavy atom. The number of ether oxygens (including phenoxy) is 1. The monoisotopic (exact) mass is 409 g/mol. The maximum Gasteiger partial charge on any atom is 0.435 e. The number of pyridine rings is 1. The second kappa shape index (κ2) is 7.33. The van der Waals surface area contributed by atoms with E-state index in [-0.39, 0.29) is 28.6 Å². The standard InChI is InChI=1S/C16H14F3N7O3/c1-7-3-11(16(17,18)19)25-26(7)12(21)10(5-20)8-4-9(13(28-2)22-6-8)14-23-24-15(27)29-14/h3-6,10,20-21H,1-2H3,(H,24,27). The van der Waals surface area contributed by atoms with Crippen LogP contribution in [0.5, 0.6) is 5.88 Å². The van der Waals surface area contributed by atoms with E-state index in [0.29, 0.717) is 0 Å². The summed E-state index contributed by atoms with van der Waals surface area (Å²) in [5, 5.41) is 25.2. The Kier molecular flexibility index (Phi) is 5.05. The first-order valence-corrected chi connectivity index (χ1v) is 7.98. The van der Waals surface area contributed by atoms with Gasteiger partial charge in [-0.15, -0.1) is 5.10 Å². The van der Waals surface area contributed by atoms with Gasteiger partial charge in [-0.05, 0) is 24.6 Å². The third-order valence-corrected chi connectivity index (χ3v) is 3.96. The lowest BCUT2D eigenvalue weighted by Crippen LogP contribution is -2.24. The van der Waals surface area contributed by atoms with Crippen molar-refractivity contribution in [3.63, 3.8) is 0 Å². The Balaban J connectivity index is 2.04. The fraction of sp³-hybridized carbons (Fsp3) is 0.250. The first-order chi connectivity index (χ1) is 13.7. The highest BCUT2D eigenvalue weighted by Gasteiger charge is 2.35. The maximum absolute atomic E-state index is 12.9. The maximum atomic E-state index is 12.9. The summed E-state index contributed by atoms with van der Waals surface area (Å²) < 4.78 is 49.5. The average Bonchev–Trinajstić information content (AvgIpc) is 3.27. The highest BCUT2D eigenvalue weighted by Crippen LogP contribution is 2.31. The summed E-state index contributed by atoms with van der Waals surface area (Å²) in [5.74, 6) is -2.36. The number of hydrogen-bond donors (Lipinski definition) is 3. The van der Waals surface area contributed by atoms with Crippen molar-refractivity contribution < 1.29 is 22.3 Å². The number of aromatic nitrogens is 5. The van der Waals surface area contributed by atoms with Crippen LogP contribution < -0.4 is 10.5 Å². The molecular weight excluding hydrogens is 395 g/mol. The van der Waals surface area contributed by atoms with E-state index in [0.717, 1.165) is 17.0 Å². The van der Waals surface area contributed by atoms with Gasteiger partial charge in [0, 0.05) is 18.1 Å². The van der Waals surface area contributed by atoms with Crippen LogP contribution in [0.3, 0.4) is 0 Å². The molecule has 13 heteroatoms. The molecule has 0 bridgehead atoms. The van der Waals surface area contributed by atoms with Gasteiger partial charge in [-0.3, -0.25) is 5.41 Å². The van der Waals surface area contributed by atoms with Gasteiger partial charge in [0.05, 0.1) is 13.0 Å². The van der Waals surface area contributed by atoms with E-state index < -0.39 is 29.4 Å². The molecule has 0 aliphatic rings. The lowest BCUT2D eigenvalue weighted by molar-refractivity contribution is -0.141. The Hall–Kier alpha value is -3.77. The Morgan fingerprint density at radius 3 is 2.66 bits per heavy atom. The number of aryl methyl sites for hydroxylation is 1. The highest BCUT2D eigenvalue weighted by molar-refractivity contribution is 6.01. The molecule has 3 aromatic rings. The van der Waals surface area contributed by atoms with Crippen LogP contribution in [-0.2, 0) is 6.18 Å². The lowest BCUT2D eigenvalue weighted by Gasteiger charge is -2.16. The third kappa shape index (κ3) is 3.79. The number of halogens is 3. The molecular formula is C16H14F3N7O3. The topological polar surface area (TPSA) is 147 Å². The second-order valence-electron chi connectivity index (χ2n) is 5.85. The Labute approximate surface area is 160 Å². The van der Waals surface area contributed by atoms with Crippen molar-refractivity contribution in [1.29, 1.82) is 10.8 Å². The van der Waals surface area contributed by atoms with Crippen LogP contribution in [0.15, 0.2) is 27.5 Å². The third-order valence-electron chi connectivity index (χ3n) is 3.96. The number of H-pyrrole nitrogens is 1. The van der Waals surface area contributed by atoms with Crippen molar-refractivity contribution in [2.75, 3.05) is 7.11 Å². The van der Waals surface area contributed by atoms with E-state index in [2.05, 4.69) is 20.3 Å². The van der Waals surface area contributed by atoms with Gasteiger partial charge in [0.25, 0.3) is 5.89 Å². The van der Waals surface area contributed by atoms with Gasteiger partial charge in [0.2, 0.25) is 5.88 Å². The van der Waals surface area contributed by atoms with Gasteiger partial charge in [-0.1, -0.05) is 0 Å². The fourth-order valence-corrected chi connectivity index (χ4v) is 2.62. The summed E-state index contributed by atoms with van der Waals surface area (Å²) in [6, 6.07) is 2.23. The summed E-state index contributed by atoms with van der Waals surface area (Å²) in [7, 11) is 1.33. The number of nitrogens with one attached hydrogen (secondary N) is 3. The van der Waals surface area contributed by atoms with Gasteiger partial charge in [-0.25, -0.2) is 19.6 Å². The van der Waals surface area contributed by atoms with Gasteiger partial charge >= 0.3 is 11.9 Å². The van der Waals surface area contributed by atoms with Gasteiger partial charge in [0.1, 0.15) is 11.4 Å².